The summed E-state index contributed by atoms with van der Waals surface area (Å²) in [6.07, 6.45) is -11.3. The molecule has 0 spiro atoms. The van der Waals surface area contributed by atoms with E-state index in [0.29, 0.717) is 37.7 Å². The van der Waals surface area contributed by atoms with Gasteiger partial charge < -0.3 is 102 Å². The number of nitrogens with zero attached hydrogens (tertiary/aromatic N) is 1. The SMILES string of the molecule is C/C(=C\C(O)C(O)CC(O)CC(OC1OC(C)C(O)C(N)C1O)C(C)CCC(O)CC(O)CCC(C)C(O)C(C)C(O)C(C)C)C(=O)C(C)/C=C(\C)C(O)C(C)C(O)CCCC(O)C(C)C(O)C(C)CCC(O)CC(O)C/C=C(C)/C(O)=C1/C(=O)/C(=C/C(C)C)N(C)C1=O. The predicted octanol–water partition coefficient (Wildman–Crippen LogP) is 4.23. The van der Waals surface area contributed by atoms with Crippen molar-refractivity contribution in [2.45, 2.75) is 310 Å². The van der Waals surface area contributed by atoms with Gasteiger partial charge in [0.25, 0.3) is 5.91 Å². The van der Waals surface area contributed by atoms with Crippen LogP contribution in [0.1, 0.15) is 194 Å². The van der Waals surface area contributed by atoms with E-state index in [1.165, 1.54) is 37.9 Å². The number of likely N-dealkylation sites (tertiary alicyclic amines) is 1. The van der Waals surface area contributed by atoms with Crippen molar-refractivity contribution in [1.29, 1.82) is 0 Å². The number of hydrogen-bond acceptors (Lipinski definition) is 22. The molecule has 23 nitrogen and oxygen atoms in total. The first-order valence-electron chi connectivity index (χ1n) is 34.4. The molecule has 2 aliphatic rings. The van der Waals surface area contributed by atoms with E-state index in [1.54, 1.807) is 67.5 Å². The Morgan fingerprint density at radius 2 is 1.10 bits per heavy atom. The molecule has 2 aliphatic heterocycles. The first-order valence-corrected chi connectivity index (χ1v) is 34.4. The zero-order valence-electron chi connectivity index (χ0n) is 59.1. The zero-order chi connectivity index (χ0) is 72.1. The van der Waals surface area contributed by atoms with Crippen LogP contribution in [0.4, 0.5) is 0 Å². The average molecular weight is 1340 g/mol. The summed E-state index contributed by atoms with van der Waals surface area (Å²) in [4.78, 5) is 40.5. The van der Waals surface area contributed by atoms with E-state index in [1.807, 2.05) is 34.6 Å². The third kappa shape index (κ3) is 27.0. The molecule has 23 heteroatoms. The molecule has 0 aromatic rings. The normalized spacial score (nSPS) is 26.7. The molecule has 0 aromatic heterocycles. The maximum Gasteiger partial charge on any atom is 0.265 e. The first-order chi connectivity index (χ1) is 43.5. The molecule has 0 radical (unpaired) electrons. The minimum absolute atomic E-state index is 0.00698. The van der Waals surface area contributed by atoms with Gasteiger partial charge in [0.1, 0.15) is 17.4 Å². The number of ether oxygens (including phenoxy) is 2. The summed E-state index contributed by atoms with van der Waals surface area (Å²) in [5, 5.41) is 175. The summed E-state index contributed by atoms with van der Waals surface area (Å²) < 4.78 is 12.0. The molecule has 2 heterocycles. The Bertz CT molecular complexity index is 2450. The van der Waals surface area contributed by atoms with Gasteiger partial charge in [-0.2, -0.15) is 0 Å². The van der Waals surface area contributed by atoms with E-state index in [0.717, 1.165) is 0 Å². The highest BCUT2D eigenvalue weighted by Crippen LogP contribution is 2.33. The van der Waals surface area contributed by atoms with Crippen LogP contribution in [0.3, 0.4) is 0 Å². The minimum atomic E-state index is -1.61. The number of likely N-dealkylation sites (N-methyl/N-ethyl adjacent to an activating group) is 1. The molecule has 94 heavy (non-hydrogen) atoms. The summed E-state index contributed by atoms with van der Waals surface area (Å²) in [5.41, 5.74) is 6.65. The van der Waals surface area contributed by atoms with Crippen LogP contribution < -0.4 is 5.73 Å². The Morgan fingerprint density at radius 3 is 1.62 bits per heavy atom. The van der Waals surface area contributed by atoms with Gasteiger partial charge in [-0.1, -0.05) is 94.4 Å². The number of aliphatic hydroxyl groups is 16. The Morgan fingerprint density at radius 1 is 0.596 bits per heavy atom. The van der Waals surface area contributed by atoms with E-state index < -0.39 is 163 Å². The summed E-state index contributed by atoms with van der Waals surface area (Å²) in [7, 11) is 1.46. The molecule has 0 bridgehead atoms. The number of carbonyl (C=O) groups excluding carboxylic acids is 3. The number of nitrogens with two attached hydrogens (primary N) is 1. The highest BCUT2D eigenvalue weighted by Gasteiger charge is 2.44. The summed E-state index contributed by atoms with van der Waals surface area (Å²) in [6.45, 7) is 25.8. The molecule has 546 valence electrons. The van der Waals surface area contributed by atoms with Crippen LogP contribution in [0.2, 0.25) is 0 Å². The number of carbonyl (C=O) groups is 3. The zero-order valence-corrected chi connectivity index (χ0v) is 59.1. The second-order valence-electron chi connectivity index (χ2n) is 28.9. The van der Waals surface area contributed by atoms with Crippen molar-refractivity contribution in [2.75, 3.05) is 7.05 Å². The Balaban J connectivity index is 1.95. The van der Waals surface area contributed by atoms with Crippen molar-refractivity contribution in [3.63, 3.8) is 0 Å². The van der Waals surface area contributed by atoms with Gasteiger partial charge in [0.05, 0.1) is 109 Å². The maximum atomic E-state index is 13.6. The summed E-state index contributed by atoms with van der Waals surface area (Å²) in [5.74, 6) is -5.57. The van der Waals surface area contributed by atoms with Crippen molar-refractivity contribution in [3.05, 3.63) is 58.1 Å². The molecular formula is C71H126N2O21. The number of hydrogen-bond donors (Lipinski definition) is 17. The van der Waals surface area contributed by atoms with Gasteiger partial charge in [0, 0.05) is 37.1 Å². The Hall–Kier alpha value is -3.41. The van der Waals surface area contributed by atoms with E-state index in [-0.39, 0.29) is 110 Å². The number of Topliss-reactive ketones (excluding diaryl/α,β-unsaturated/α-hetero) is 2. The molecule has 0 saturated carbocycles. The third-order valence-corrected chi connectivity index (χ3v) is 19.7. The highest BCUT2D eigenvalue weighted by molar-refractivity contribution is 6.32. The van der Waals surface area contributed by atoms with E-state index in [9.17, 15) is 96.1 Å². The molecule has 18 N–H and O–H groups in total. The Kier molecular flexibility index (Phi) is 38.0. The molecule has 2 saturated heterocycles. The fourth-order valence-corrected chi connectivity index (χ4v) is 12.6. The largest absolute Gasteiger partial charge is 0.507 e. The van der Waals surface area contributed by atoms with Crippen molar-refractivity contribution in [1.82, 2.24) is 4.90 Å². The third-order valence-electron chi connectivity index (χ3n) is 19.7. The van der Waals surface area contributed by atoms with Crippen molar-refractivity contribution in [2.24, 2.45) is 59.0 Å². The quantitative estimate of drug-likeness (QED) is 0.0176. The molecule has 1 amide bonds. The number of rotatable bonds is 43. The van der Waals surface area contributed by atoms with Gasteiger partial charge in [0.15, 0.2) is 12.1 Å². The molecule has 2 rings (SSSR count). The Labute approximate surface area is 559 Å². The number of amides is 1. The van der Waals surface area contributed by atoms with Crippen LogP contribution >= 0.6 is 0 Å². The fraction of sp³-hybridized carbons (Fsp3) is 0.817. The molecule has 26 unspecified atom stereocenters. The van der Waals surface area contributed by atoms with Crippen LogP contribution in [0, 0.1) is 53.3 Å². The van der Waals surface area contributed by atoms with Gasteiger partial charge in [-0.3, -0.25) is 14.4 Å². The van der Waals surface area contributed by atoms with Crippen molar-refractivity contribution in [3.8, 4) is 0 Å². The molecule has 2 fully saturated rings. The lowest BCUT2D eigenvalue weighted by Gasteiger charge is -2.42. The molecule has 0 aromatic carbocycles. The second kappa shape index (κ2) is 41.2. The average Bonchev–Trinajstić information content (AvgIpc) is 1.61. The van der Waals surface area contributed by atoms with Crippen LogP contribution in [0.25, 0.3) is 0 Å². The number of ketones is 2. The molecule has 0 aliphatic carbocycles. The van der Waals surface area contributed by atoms with E-state index in [2.05, 4.69) is 0 Å². The number of allylic oxidation sites excluding steroid dienone is 5. The van der Waals surface area contributed by atoms with Gasteiger partial charge in [-0.25, -0.2) is 0 Å². The molecular weight excluding hydrogens is 1220 g/mol. The van der Waals surface area contributed by atoms with E-state index in [4.69, 9.17) is 15.2 Å². The van der Waals surface area contributed by atoms with Crippen LogP contribution in [-0.2, 0) is 23.9 Å². The monoisotopic (exact) mass is 1340 g/mol. The minimum Gasteiger partial charge on any atom is -0.507 e. The maximum absolute atomic E-state index is 13.6. The van der Waals surface area contributed by atoms with Crippen LogP contribution in [0.5, 0.6) is 0 Å². The standard InChI is InChI=1S/C71H126N2O21/c1-35(2)28-53-68(90)59(70(92)73(53)16)66(88)40(8)23-27-51(77)32-49(75)25-21-38(6)63(85)44(12)54(79)18-17-19-55(80)45(13)65(87)42(10)29-41(9)62(84)43(11)30-56(81)57(82)33-52(78)34-58(94-71-69(91)60(72)67(89)47(15)93-71)37(5)20-24-48(74)31-50(76)26-22-39(7)64(86)46(14)61(83)36(3)4/h23,28-30,35-39,41,44-52,54-58,60-61,63-65,67,69,71,74-83,85-89,91H,17-22,24-27,31-34,72H2,1-16H3/b40-23+,42-29+,43-30+,53-28-,66-59+. The van der Waals surface area contributed by atoms with Gasteiger partial charge >= 0.3 is 0 Å². The summed E-state index contributed by atoms with van der Waals surface area (Å²) >= 11 is 0. The fourth-order valence-electron chi connectivity index (χ4n) is 12.6. The lowest BCUT2D eigenvalue weighted by molar-refractivity contribution is -0.287. The van der Waals surface area contributed by atoms with Gasteiger partial charge in [-0.15, -0.1) is 0 Å². The topological polar surface area (TPSA) is 423 Å². The first kappa shape index (κ1) is 86.7. The second-order valence-corrected chi connectivity index (χ2v) is 28.9. The smallest absolute Gasteiger partial charge is 0.265 e. The van der Waals surface area contributed by atoms with Gasteiger partial charge in [0.2, 0.25) is 5.78 Å². The predicted molar refractivity (Wildman–Crippen MR) is 358 cm³/mol. The van der Waals surface area contributed by atoms with Crippen molar-refractivity contribution < 1.29 is 106 Å². The lowest BCUT2D eigenvalue weighted by atomic mass is 9.82. The summed E-state index contributed by atoms with van der Waals surface area (Å²) in [6, 6.07) is -1.12. The van der Waals surface area contributed by atoms with Gasteiger partial charge in [-0.05, 0) is 164 Å². The van der Waals surface area contributed by atoms with E-state index >= 15 is 0 Å². The van der Waals surface area contributed by atoms with Crippen LogP contribution in [-0.4, -0.2) is 227 Å². The van der Waals surface area contributed by atoms with Crippen LogP contribution in [0.15, 0.2) is 58.1 Å². The number of aliphatic hydroxyl groups excluding tert-OH is 16. The lowest BCUT2D eigenvalue weighted by Crippen LogP contribution is -2.61. The highest BCUT2D eigenvalue weighted by atomic mass is 16.7. The van der Waals surface area contributed by atoms with Crippen molar-refractivity contribution >= 4 is 17.5 Å². The molecule has 26 atom stereocenters.